The van der Waals surface area contributed by atoms with Crippen LogP contribution in [0, 0.1) is 5.92 Å². The molecular formula is C24H23N. The number of fused-ring (bicyclic) bond motifs is 4. The first-order valence-corrected chi connectivity index (χ1v) is 9.30. The zero-order valence-electron chi connectivity index (χ0n) is 14.6. The molecule has 25 heavy (non-hydrogen) atoms. The van der Waals surface area contributed by atoms with Crippen molar-refractivity contribution < 1.29 is 0 Å². The minimum absolute atomic E-state index is 0.476. The van der Waals surface area contributed by atoms with Gasteiger partial charge in [-0.25, -0.2) is 0 Å². The summed E-state index contributed by atoms with van der Waals surface area (Å²) in [6.45, 7) is 3.48. The van der Waals surface area contributed by atoms with Gasteiger partial charge in [-0.3, -0.25) is 0 Å². The van der Waals surface area contributed by atoms with Gasteiger partial charge in [-0.2, -0.15) is 0 Å². The Hall–Kier alpha value is -2.54. The fourth-order valence-corrected chi connectivity index (χ4v) is 4.94. The van der Waals surface area contributed by atoms with E-state index >= 15 is 0 Å². The van der Waals surface area contributed by atoms with Crippen molar-refractivity contribution in [3.05, 3.63) is 101 Å². The number of hydrogen-bond donors (Lipinski definition) is 0. The Morgan fingerprint density at radius 1 is 0.760 bits per heavy atom. The van der Waals surface area contributed by atoms with E-state index in [0.717, 1.165) is 13.0 Å². The molecule has 3 atom stereocenters. The van der Waals surface area contributed by atoms with Crippen LogP contribution in [0.3, 0.4) is 0 Å². The molecule has 0 fully saturated rings. The van der Waals surface area contributed by atoms with Crippen LogP contribution in [0.25, 0.3) is 0 Å². The second-order valence-electron chi connectivity index (χ2n) is 7.47. The Bertz CT molecular complexity index is 899. The molecule has 0 aliphatic carbocycles. The highest BCUT2D eigenvalue weighted by molar-refractivity contribution is 5.62. The van der Waals surface area contributed by atoms with E-state index in [1.807, 2.05) is 0 Å². The summed E-state index contributed by atoms with van der Waals surface area (Å²) in [5.41, 5.74) is 7.37. The van der Waals surface area contributed by atoms with Gasteiger partial charge in [-0.15, -0.1) is 0 Å². The van der Waals surface area contributed by atoms with Gasteiger partial charge in [0.1, 0.15) is 0 Å². The Balaban J connectivity index is 1.66. The van der Waals surface area contributed by atoms with E-state index in [1.165, 1.54) is 27.9 Å². The molecule has 0 spiro atoms. The van der Waals surface area contributed by atoms with Crippen LogP contribution in [0.4, 0.5) is 5.69 Å². The van der Waals surface area contributed by atoms with Crippen LogP contribution in [0.2, 0.25) is 0 Å². The van der Waals surface area contributed by atoms with Gasteiger partial charge in [0.2, 0.25) is 0 Å². The number of para-hydroxylation sites is 1. The topological polar surface area (TPSA) is 3.24 Å². The molecule has 0 amide bonds. The Kier molecular flexibility index (Phi) is 3.41. The van der Waals surface area contributed by atoms with Crippen LogP contribution in [-0.4, -0.2) is 6.04 Å². The second-order valence-corrected chi connectivity index (χ2v) is 7.47. The van der Waals surface area contributed by atoms with Crippen molar-refractivity contribution in [3.8, 4) is 0 Å². The third-order valence-corrected chi connectivity index (χ3v) is 6.16. The zero-order valence-corrected chi connectivity index (χ0v) is 14.6. The minimum Gasteiger partial charge on any atom is -0.363 e. The molecule has 0 unspecified atom stereocenters. The number of benzene rings is 3. The molecule has 2 aliphatic rings. The summed E-state index contributed by atoms with van der Waals surface area (Å²) in [7, 11) is 0. The molecule has 0 radical (unpaired) electrons. The molecule has 2 aliphatic heterocycles. The smallest absolute Gasteiger partial charge is 0.0435 e. The SMILES string of the molecule is C[C@H]1[C@H](c2ccccc2)c2ccccc2N2Cc3ccccc3C[C@H]12. The number of rotatable bonds is 1. The van der Waals surface area contributed by atoms with Crippen molar-refractivity contribution in [1.29, 1.82) is 0 Å². The summed E-state index contributed by atoms with van der Waals surface area (Å²) >= 11 is 0. The van der Waals surface area contributed by atoms with Gasteiger partial charge in [0.15, 0.2) is 0 Å². The second kappa shape index (κ2) is 5.77. The molecule has 0 saturated heterocycles. The van der Waals surface area contributed by atoms with Crippen molar-refractivity contribution in [1.82, 2.24) is 0 Å². The van der Waals surface area contributed by atoms with Crippen LogP contribution in [0.15, 0.2) is 78.9 Å². The van der Waals surface area contributed by atoms with Crippen LogP contribution in [0.1, 0.15) is 35.1 Å². The van der Waals surface area contributed by atoms with Crippen LogP contribution < -0.4 is 4.90 Å². The molecule has 3 aromatic carbocycles. The average molecular weight is 325 g/mol. The summed E-state index contributed by atoms with van der Waals surface area (Å²) in [6.07, 6.45) is 1.15. The normalized spacial score (nSPS) is 24.2. The summed E-state index contributed by atoms with van der Waals surface area (Å²) in [5, 5.41) is 0. The van der Waals surface area contributed by atoms with E-state index in [4.69, 9.17) is 0 Å². The van der Waals surface area contributed by atoms with Crippen molar-refractivity contribution in [2.24, 2.45) is 5.92 Å². The average Bonchev–Trinajstić information content (AvgIpc) is 2.68. The maximum absolute atomic E-state index is 2.65. The number of nitrogens with zero attached hydrogens (tertiary/aromatic N) is 1. The molecule has 0 saturated carbocycles. The quantitative estimate of drug-likeness (QED) is 0.579. The maximum atomic E-state index is 2.65. The Labute approximate surface area is 149 Å². The van der Waals surface area contributed by atoms with Crippen molar-refractivity contribution in [2.45, 2.75) is 31.8 Å². The molecule has 0 aromatic heterocycles. The van der Waals surface area contributed by atoms with E-state index in [-0.39, 0.29) is 0 Å². The van der Waals surface area contributed by atoms with Gasteiger partial charge < -0.3 is 4.90 Å². The van der Waals surface area contributed by atoms with Crippen LogP contribution >= 0.6 is 0 Å². The monoisotopic (exact) mass is 325 g/mol. The Morgan fingerprint density at radius 2 is 1.44 bits per heavy atom. The highest BCUT2D eigenvalue weighted by Gasteiger charge is 2.41. The van der Waals surface area contributed by atoms with E-state index in [0.29, 0.717) is 17.9 Å². The first kappa shape index (κ1) is 14.8. The minimum atomic E-state index is 0.476. The third-order valence-electron chi connectivity index (χ3n) is 6.16. The van der Waals surface area contributed by atoms with Gasteiger partial charge in [-0.1, -0.05) is 79.7 Å². The van der Waals surface area contributed by atoms with Crippen molar-refractivity contribution >= 4 is 5.69 Å². The molecule has 1 nitrogen and oxygen atoms in total. The lowest BCUT2D eigenvalue weighted by atomic mass is 9.71. The summed E-state index contributed by atoms with van der Waals surface area (Å²) in [4.78, 5) is 2.65. The fraction of sp³-hybridized carbons (Fsp3) is 0.250. The van der Waals surface area contributed by atoms with Gasteiger partial charge in [0.05, 0.1) is 0 Å². The molecule has 124 valence electrons. The molecule has 0 N–H and O–H groups in total. The van der Waals surface area contributed by atoms with E-state index < -0.39 is 0 Å². The summed E-state index contributed by atoms with van der Waals surface area (Å²) < 4.78 is 0. The lowest BCUT2D eigenvalue weighted by Gasteiger charge is -2.49. The van der Waals surface area contributed by atoms with Crippen molar-refractivity contribution in [3.63, 3.8) is 0 Å². The van der Waals surface area contributed by atoms with Gasteiger partial charge in [0, 0.05) is 24.2 Å². The van der Waals surface area contributed by atoms with Crippen LogP contribution in [-0.2, 0) is 13.0 Å². The molecule has 3 aromatic rings. The predicted molar refractivity (Wildman–Crippen MR) is 104 cm³/mol. The lowest BCUT2D eigenvalue weighted by molar-refractivity contribution is 0.351. The fourth-order valence-electron chi connectivity index (χ4n) is 4.94. The first-order valence-electron chi connectivity index (χ1n) is 9.30. The standard InChI is InChI=1S/C24H23N/c1-17-23-15-19-11-5-6-12-20(19)16-25(23)22-14-8-7-13-21(22)24(17)18-9-3-2-4-10-18/h2-14,17,23-24H,15-16H2,1H3/t17-,23-,24-/m1/s1. The maximum Gasteiger partial charge on any atom is 0.0435 e. The zero-order chi connectivity index (χ0) is 16.8. The number of hydrogen-bond acceptors (Lipinski definition) is 1. The predicted octanol–water partition coefficient (Wildman–Crippen LogP) is 5.40. The molecular weight excluding hydrogens is 302 g/mol. The number of anilines is 1. The van der Waals surface area contributed by atoms with E-state index in [9.17, 15) is 0 Å². The molecule has 0 bridgehead atoms. The van der Waals surface area contributed by atoms with Crippen molar-refractivity contribution in [2.75, 3.05) is 4.90 Å². The molecule has 1 heteroatoms. The lowest BCUT2D eigenvalue weighted by Crippen LogP contribution is -2.49. The Morgan fingerprint density at radius 3 is 2.28 bits per heavy atom. The summed E-state index contributed by atoms with van der Waals surface area (Å²) in [5.74, 6) is 1.06. The summed E-state index contributed by atoms with van der Waals surface area (Å²) in [6, 6.07) is 29.6. The highest BCUT2D eigenvalue weighted by Crippen LogP contribution is 2.48. The van der Waals surface area contributed by atoms with Crippen LogP contribution in [0.5, 0.6) is 0 Å². The highest BCUT2D eigenvalue weighted by atomic mass is 15.2. The first-order chi connectivity index (χ1) is 12.3. The van der Waals surface area contributed by atoms with Gasteiger partial charge in [-0.05, 0) is 40.7 Å². The van der Waals surface area contributed by atoms with Gasteiger partial charge >= 0.3 is 0 Å². The molecule has 2 heterocycles. The molecule has 5 rings (SSSR count). The third kappa shape index (κ3) is 2.30. The largest absolute Gasteiger partial charge is 0.363 e. The van der Waals surface area contributed by atoms with Gasteiger partial charge in [0.25, 0.3) is 0 Å². The van der Waals surface area contributed by atoms with E-state index in [1.54, 1.807) is 0 Å². The van der Waals surface area contributed by atoms with E-state index in [2.05, 4.69) is 90.7 Å².